The van der Waals surface area contributed by atoms with Crippen molar-refractivity contribution < 1.29 is 4.79 Å². The number of nitrogens with zero attached hydrogens (tertiary/aromatic N) is 1. The predicted molar refractivity (Wildman–Crippen MR) is 80.8 cm³/mol. The Morgan fingerprint density at radius 2 is 2.05 bits per heavy atom. The average Bonchev–Trinajstić information content (AvgIpc) is 2.35. The van der Waals surface area contributed by atoms with E-state index in [1.807, 2.05) is 53.2 Å². The summed E-state index contributed by atoms with van der Waals surface area (Å²) < 4.78 is 0. The second-order valence-electron chi connectivity index (χ2n) is 5.25. The van der Waals surface area contributed by atoms with Gasteiger partial charge in [-0.15, -0.1) is 0 Å². The molecule has 1 aromatic rings. The molecular formula is C15H25N3O. The Kier molecular flexibility index (Phi) is 5.83. The summed E-state index contributed by atoms with van der Waals surface area (Å²) in [6.07, 6.45) is 0.951. The topological polar surface area (TPSA) is 44.4 Å². The number of anilines is 1. The molecule has 19 heavy (non-hydrogen) atoms. The molecule has 4 heteroatoms. The Labute approximate surface area is 116 Å². The molecular weight excluding hydrogens is 238 g/mol. The van der Waals surface area contributed by atoms with Crippen molar-refractivity contribution in [2.24, 2.45) is 0 Å². The molecule has 1 rings (SSSR count). The van der Waals surface area contributed by atoms with Gasteiger partial charge in [-0.25, -0.2) is 0 Å². The Morgan fingerprint density at radius 1 is 1.37 bits per heavy atom. The molecule has 0 heterocycles. The molecule has 0 aliphatic carbocycles. The smallest absolute Gasteiger partial charge is 0.251 e. The van der Waals surface area contributed by atoms with Crippen LogP contribution in [0.15, 0.2) is 18.2 Å². The maximum atomic E-state index is 12.2. The second kappa shape index (κ2) is 7.14. The first kappa shape index (κ1) is 15.5. The first-order chi connectivity index (χ1) is 8.93. The summed E-state index contributed by atoms with van der Waals surface area (Å²) in [5, 5.41) is 6.11. The van der Waals surface area contributed by atoms with Gasteiger partial charge in [-0.05, 0) is 64.7 Å². The van der Waals surface area contributed by atoms with Crippen molar-refractivity contribution in [3.05, 3.63) is 29.3 Å². The van der Waals surface area contributed by atoms with E-state index in [-0.39, 0.29) is 11.9 Å². The van der Waals surface area contributed by atoms with Crippen LogP contribution in [0.1, 0.15) is 29.3 Å². The van der Waals surface area contributed by atoms with Gasteiger partial charge in [0.15, 0.2) is 0 Å². The Balaban J connectivity index is 2.62. The lowest BCUT2D eigenvalue weighted by molar-refractivity contribution is 0.0936. The standard InChI is InChI=1S/C15H25N3O/c1-11-10-13(16-3)6-7-14(11)15(19)17-12(2)8-9-18(4)5/h6-7,10,12,16H,8-9H2,1-5H3,(H,17,19). The molecule has 106 valence electrons. The number of aryl methyl sites for hydroxylation is 1. The molecule has 1 aromatic carbocycles. The molecule has 0 saturated heterocycles. The van der Waals surface area contributed by atoms with Crippen molar-refractivity contribution in [3.8, 4) is 0 Å². The van der Waals surface area contributed by atoms with E-state index >= 15 is 0 Å². The first-order valence-electron chi connectivity index (χ1n) is 6.68. The quantitative estimate of drug-likeness (QED) is 0.826. The molecule has 0 bridgehead atoms. The summed E-state index contributed by atoms with van der Waals surface area (Å²) in [7, 11) is 5.95. The Bertz CT molecular complexity index is 429. The van der Waals surface area contributed by atoms with Gasteiger partial charge in [-0.2, -0.15) is 0 Å². The first-order valence-corrected chi connectivity index (χ1v) is 6.68. The maximum Gasteiger partial charge on any atom is 0.251 e. The minimum Gasteiger partial charge on any atom is -0.388 e. The van der Waals surface area contributed by atoms with Crippen molar-refractivity contribution >= 4 is 11.6 Å². The molecule has 1 unspecified atom stereocenters. The fourth-order valence-electron chi connectivity index (χ4n) is 1.90. The number of hydrogen-bond donors (Lipinski definition) is 2. The molecule has 4 nitrogen and oxygen atoms in total. The normalized spacial score (nSPS) is 12.3. The van der Waals surface area contributed by atoms with Crippen LogP contribution in [0.25, 0.3) is 0 Å². The van der Waals surface area contributed by atoms with Crippen molar-refractivity contribution in [1.29, 1.82) is 0 Å². The third-order valence-corrected chi connectivity index (χ3v) is 3.15. The number of hydrogen-bond acceptors (Lipinski definition) is 3. The maximum absolute atomic E-state index is 12.2. The van der Waals surface area contributed by atoms with Gasteiger partial charge in [-0.3, -0.25) is 4.79 Å². The van der Waals surface area contributed by atoms with E-state index in [2.05, 4.69) is 15.5 Å². The van der Waals surface area contributed by atoms with Crippen LogP contribution in [0.2, 0.25) is 0 Å². The minimum absolute atomic E-state index is 0.00593. The lowest BCUT2D eigenvalue weighted by Crippen LogP contribution is -2.35. The molecule has 1 atom stereocenters. The Morgan fingerprint density at radius 3 is 2.58 bits per heavy atom. The third kappa shape index (κ3) is 4.91. The lowest BCUT2D eigenvalue weighted by atomic mass is 10.1. The van der Waals surface area contributed by atoms with Gasteiger partial charge < -0.3 is 15.5 Å². The molecule has 1 amide bonds. The number of carbonyl (C=O) groups is 1. The van der Waals surface area contributed by atoms with Crippen molar-refractivity contribution in [3.63, 3.8) is 0 Å². The summed E-state index contributed by atoms with van der Waals surface area (Å²) >= 11 is 0. The van der Waals surface area contributed by atoms with E-state index < -0.39 is 0 Å². The summed E-state index contributed by atoms with van der Waals surface area (Å²) in [6, 6.07) is 5.96. The predicted octanol–water partition coefficient (Wildman–Crippen LogP) is 2.11. The fourth-order valence-corrected chi connectivity index (χ4v) is 1.90. The van der Waals surface area contributed by atoms with Gasteiger partial charge in [0.05, 0.1) is 0 Å². The molecule has 0 aliphatic rings. The van der Waals surface area contributed by atoms with Crippen LogP contribution in [0.4, 0.5) is 5.69 Å². The molecule has 0 aliphatic heterocycles. The van der Waals surface area contributed by atoms with Crippen LogP contribution in [-0.4, -0.2) is 44.5 Å². The fraction of sp³-hybridized carbons (Fsp3) is 0.533. The number of rotatable bonds is 6. The second-order valence-corrected chi connectivity index (χ2v) is 5.25. The molecule has 0 saturated carbocycles. The van der Waals surface area contributed by atoms with Crippen molar-refractivity contribution in [2.75, 3.05) is 33.0 Å². The van der Waals surface area contributed by atoms with Gasteiger partial charge in [0.1, 0.15) is 0 Å². The number of amides is 1. The van der Waals surface area contributed by atoms with Crippen LogP contribution >= 0.6 is 0 Å². The highest BCUT2D eigenvalue weighted by Crippen LogP contribution is 2.14. The van der Waals surface area contributed by atoms with E-state index in [4.69, 9.17) is 0 Å². The number of nitrogens with one attached hydrogen (secondary N) is 2. The molecule has 0 fully saturated rings. The highest BCUT2D eigenvalue weighted by Gasteiger charge is 2.12. The summed E-state index contributed by atoms with van der Waals surface area (Å²) in [6.45, 7) is 4.97. The zero-order valence-corrected chi connectivity index (χ0v) is 12.6. The van der Waals surface area contributed by atoms with Crippen LogP contribution in [0, 0.1) is 6.92 Å². The zero-order chi connectivity index (χ0) is 14.4. The van der Waals surface area contributed by atoms with Crippen molar-refractivity contribution in [2.45, 2.75) is 26.3 Å². The van der Waals surface area contributed by atoms with Crippen LogP contribution in [-0.2, 0) is 0 Å². The highest BCUT2D eigenvalue weighted by atomic mass is 16.1. The molecule has 2 N–H and O–H groups in total. The van der Waals surface area contributed by atoms with Gasteiger partial charge in [-0.1, -0.05) is 0 Å². The Hall–Kier alpha value is -1.55. The monoisotopic (exact) mass is 263 g/mol. The van der Waals surface area contributed by atoms with E-state index in [0.717, 1.165) is 29.8 Å². The number of benzene rings is 1. The lowest BCUT2D eigenvalue weighted by Gasteiger charge is -2.17. The van der Waals surface area contributed by atoms with Gasteiger partial charge >= 0.3 is 0 Å². The summed E-state index contributed by atoms with van der Waals surface area (Å²) in [5.41, 5.74) is 2.76. The molecule has 0 aromatic heterocycles. The largest absolute Gasteiger partial charge is 0.388 e. The summed E-state index contributed by atoms with van der Waals surface area (Å²) in [4.78, 5) is 14.3. The third-order valence-electron chi connectivity index (χ3n) is 3.15. The van der Waals surface area contributed by atoms with Gasteiger partial charge in [0.25, 0.3) is 5.91 Å². The SMILES string of the molecule is CNc1ccc(C(=O)NC(C)CCN(C)C)c(C)c1. The van der Waals surface area contributed by atoms with Crippen LogP contribution in [0.5, 0.6) is 0 Å². The van der Waals surface area contributed by atoms with E-state index in [0.29, 0.717) is 0 Å². The van der Waals surface area contributed by atoms with Crippen LogP contribution < -0.4 is 10.6 Å². The molecule has 0 radical (unpaired) electrons. The van der Waals surface area contributed by atoms with E-state index in [1.165, 1.54) is 0 Å². The van der Waals surface area contributed by atoms with Gasteiger partial charge in [0.2, 0.25) is 0 Å². The number of carbonyl (C=O) groups excluding carboxylic acids is 1. The van der Waals surface area contributed by atoms with Gasteiger partial charge in [0, 0.05) is 24.3 Å². The highest BCUT2D eigenvalue weighted by molar-refractivity contribution is 5.96. The molecule has 0 spiro atoms. The summed E-state index contributed by atoms with van der Waals surface area (Å²) in [5.74, 6) is 0.00593. The average molecular weight is 263 g/mol. The minimum atomic E-state index is 0.00593. The van der Waals surface area contributed by atoms with Crippen molar-refractivity contribution in [1.82, 2.24) is 10.2 Å². The van der Waals surface area contributed by atoms with E-state index in [9.17, 15) is 4.79 Å². The van der Waals surface area contributed by atoms with Crippen LogP contribution in [0.3, 0.4) is 0 Å². The zero-order valence-electron chi connectivity index (χ0n) is 12.6. The van der Waals surface area contributed by atoms with E-state index in [1.54, 1.807) is 0 Å².